The van der Waals surface area contributed by atoms with Crippen molar-refractivity contribution in [3.8, 4) is 0 Å². The van der Waals surface area contributed by atoms with Crippen LogP contribution >= 0.6 is 22.9 Å². The van der Waals surface area contributed by atoms with E-state index >= 15 is 0 Å². The van der Waals surface area contributed by atoms with E-state index in [4.69, 9.17) is 11.6 Å². The van der Waals surface area contributed by atoms with Crippen LogP contribution in [0.2, 0.25) is 4.34 Å². The molecule has 0 radical (unpaired) electrons. The molecule has 0 bridgehead atoms. The second-order valence-corrected chi connectivity index (χ2v) is 6.40. The smallest absolute Gasteiger partial charge is 0.330 e. The average molecular weight is 340 g/mol. The van der Waals surface area contributed by atoms with Crippen LogP contribution in [0.15, 0.2) is 34.0 Å². The second kappa shape index (κ2) is 6.76. The van der Waals surface area contributed by atoms with Crippen LogP contribution in [-0.2, 0) is 25.4 Å². The highest BCUT2D eigenvalue weighted by Crippen LogP contribution is 2.20. The first kappa shape index (κ1) is 16.3. The number of halogens is 1. The molecule has 0 fully saturated rings. The van der Waals surface area contributed by atoms with Gasteiger partial charge in [-0.3, -0.25) is 14.2 Å². The molecule has 0 atom stereocenters. The molecule has 2 aromatic heterocycles. The van der Waals surface area contributed by atoms with Crippen molar-refractivity contribution in [3.63, 3.8) is 0 Å². The molecule has 8 heteroatoms. The minimum Gasteiger partial charge on any atom is -0.348 e. The van der Waals surface area contributed by atoms with Crippen molar-refractivity contribution in [3.05, 3.63) is 60.0 Å². The molecule has 1 N–H and O–H groups in total. The van der Waals surface area contributed by atoms with Gasteiger partial charge < -0.3 is 9.88 Å². The normalized spacial score (nSPS) is 11.0. The Hall–Kier alpha value is -2.12. The van der Waals surface area contributed by atoms with Gasteiger partial charge in [0.05, 0.1) is 16.4 Å². The summed E-state index contributed by atoms with van der Waals surface area (Å²) in [7, 11) is 2.93. The van der Waals surface area contributed by atoms with Crippen LogP contribution in [0.5, 0.6) is 0 Å². The molecule has 22 heavy (non-hydrogen) atoms. The molecular weight excluding hydrogens is 326 g/mol. The van der Waals surface area contributed by atoms with Crippen molar-refractivity contribution in [2.75, 3.05) is 0 Å². The van der Waals surface area contributed by atoms with E-state index < -0.39 is 11.2 Å². The van der Waals surface area contributed by atoms with Gasteiger partial charge in [0.2, 0.25) is 5.91 Å². The standard InChI is InChI=1S/C14H14ClN3O3S/c1-17-8-9(13(20)18(2)14(17)21)3-6-12(19)16-7-10-4-5-11(15)22-10/h3-6,8H,7H2,1-2H3,(H,16,19)/b6-3+. The van der Waals surface area contributed by atoms with E-state index in [0.29, 0.717) is 10.9 Å². The van der Waals surface area contributed by atoms with Crippen LogP contribution in [0.1, 0.15) is 10.4 Å². The fourth-order valence-corrected chi connectivity index (χ4v) is 2.82. The third kappa shape index (κ3) is 3.75. The highest BCUT2D eigenvalue weighted by molar-refractivity contribution is 7.16. The van der Waals surface area contributed by atoms with Crippen LogP contribution in [0.3, 0.4) is 0 Å². The number of aromatic nitrogens is 2. The van der Waals surface area contributed by atoms with Gasteiger partial charge in [-0.05, 0) is 18.2 Å². The minimum absolute atomic E-state index is 0.263. The van der Waals surface area contributed by atoms with Crippen molar-refractivity contribution in [2.24, 2.45) is 14.1 Å². The molecule has 116 valence electrons. The van der Waals surface area contributed by atoms with E-state index in [2.05, 4.69) is 5.32 Å². The number of carbonyl (C=O) groups is 1. The van der Waals surface area contributed by atoms with Gasteiger partial charge in [0.1, 0.15) is 0 Å². The number of amides is 1. The largest absolute Gasteiger partial charge is 0.348 e. The maximum Gasteiger partial charge on any atom is 0.330 e. The molecule has 0 saturated carbocycles. The fourth-order valence-electron chi connectivity index (χ4n) is 1.80. The van der Waals surface area contributed by atoms with Crippen LogP contribution in [0.25, 0.3) is 6.08 Å². The molecule has 2 heterocycles. The van der Waals surface area contributed by atoms with Gasteiger partial charge >= 0.3 is 5.69 Å². The summed E-state index contributed by atoms with van der Waals surface area (Å²) in [6.45, 7) is 0.367. The maximum atomic E-state index is 11.9. The summed E-state index contributed by atoms with van der Waals surface area (Å²) < 4.78 is 2.94. The Morgan fingerprint density at radius 3 is 2.73 bits per heavy atom. The third-order valence-electron chi connectivity index (χ3n) is 2.95. The molecular formula is C14H14ClN3O3S. The van der Waals surface area contributed by atoms with Crippen molar-refractivity contribution in [1.82, 2.24) is 14.5 Å². The van der Waals surface area contributed by atoms with Crippen LogP contribution < -0.4 is 16.6 Å². The van der Waals surface area contributed by atoms with E-state index in [9.17, 15) is 14.4 Å². The summed E-state index contributed by atoms with van der Waals surface area (Å²) >= 11 is 7.19. The molecule has 0 unspecified atom stereocenters. The molecule has 0 spiro atoms. The number of nitrogens with zero attached hydrogens (tertiary/aromatic N) is 2. The molecule has 0 aromatic carbocycles. The van der Waals surface area contributed by atoms with E-state index in [1.54, 1.807) is 13.1 Å². The van der Waals surface area contributed by atoms with Crippen LogP contribution in [0, 0.1) is 0 Å². The molecule has 1 amide bonds. The van der Waals surface area contributed by atoms with Crippen molar-refractivity contribution < 1.29 is 4.79 Å². The first-order chi connectivity index (χ1) is 10.4. The second-order valence-electron chi connectivity index (χ2n) is 4.60. The number of aryl methyl sites for hydroxylation is 1. The van der Waals surface area contributed by atoms with Gasteiger partial charge in [0.15, 0.2) is 0 Å². The Bertz CT molecular complexity index is 848. The predicted octanol–water partition coefficient (Wildman–Crippen LogP) is 1.13. The van der Waals surface area contributed by atoms with Gasteiger partial charge in [-0.15, -0.1) is 11.3 Å². The lowest BCUT2D eigenvalue weighted by atomic mass is 10.3. The third-order valence-corrected chi connectivity index (χ3v) is 4.18. The lowest BCUT2D eigenvalue weighted by Gasteiger charge is -2.03. The molecule has 0 aliphatic carbocycles. The number of hydrogen-bond donors (Lipinski definition) is 1. The minimum atomic E-state index is -0.447. The first-order valence-electron chi connectivity index (χ1n) is 6.35. The summed E-state index contributed by atoms with van der Waals surface area (Å²) in [5.41, 5.74) is -0.600. The zero-order chi connectivity index (χ0) is 16.3. The molecule has 2 rings (SSSR count). The Kier molecular flexibility index (Phi) is 4.99. The number of hydrogen-bond acceptors (Lipinski definition) is 4. The lowest BCUT2D eigenvalue weighted by molar-refractivity contribution is -0.116. The quantitative estimate of drug-likeness (QED) is 0.849. The van der Waals surface area contributed by atoms with Gasteiger partial charge in [-0.2, -0.15) is 0 Å². The fraction of sp³-hybridized carbons (Fsp3) is 0.214. The Labute approximate surface area is 135 Å². The van der Waals surface area contributed by atoms with Crippen LogP contribution in [0.4, 0.5) is 0 Å². The molecule has 0 saturated heterocycles. The first-order valence-corrected chi connectivity index (χ1v) is 7.54. The lowest BCUT2D eigenvalue weighted by Crippen LogP contribution is -2.37. The van der Waals surface area contributed by atoms with E-state index in [0.717, 1.165) is 9.44 Å². The predicted molar refractivity (Wildman–Crippen MR) is 87.1 cm³/mol. The van der Waals surface area contributed by atoms with Crippen molar-refractivity contribution in [2.45, 2.75) is 6.54 Å². The Balaban J connectivity index is 2.07. The monoisotopic (exact) mass is 339 g/mol. The molecule has 2 aromatic rings. The number of nitrogens with one attached hydrogen (secondary N) is 1. The maximum absolute atomic E-state index is 11.9. The summed E-state index contributed by atoms with van der Waals surface area (Å²) in [5, 5.41) is 2.69. The van der Waals surface area contributed by atoms with Crippen molar-refractivity contribution >= 4 is 34.9 Å². The van der Waals surface area contributed by atoms with E-state index in [-0.39, 0.29) is 11.5 Å². The van der Waals surface area contributed by atoms with Gasteiger partial charge in [0, 0.05) is 31.2 Å². The van der Waals surface area contributed by atoms with Gasteiger partial charge in [-0.25, -0.2) is 4.79 Å². The Morgan fingerprint density at radius 2 is 2.09 bits per heavy atom. The van der Waals surface area contributed by atoms with Crippen LogP contribution in [-0.4, -0.2) is 15.0 Å². The molecule has 0 aliphatic rings. The zero-order valence-electron chi connectivity index (χ0n) is 12.0. The summed E-state index contributed by atoms with van der Waals surface area (Å²) in [5.74, 6) is -0.333. The topological polar surface area (TPSA) is 73.1 Å². The average Bonchev–Trinajstić information content (AvgIpc) is 2.91. The zero-order valence-corrected chi connectivity index (χ0v) is 13.6. The van der Waals surface area contributed by atoms with Gasteiger partial charge in [-0.1, -0.05) is 11.6 Å². The molecule has 0 aliphatic heterocycles. The summed E-state index contributed by atoms with van der Waals surface area (Å²) in [4.78, 5) is 36.1. The van der Waals surface area contributed by atoms with E-state index in [1.165, 1.54) is 41.3 Å². The summed E-state index contributed by atoms with van der Waals surface area (Å²) in [6.07, 6.45) is 4.04. The number of thiophene rings is 1. The number of rotatable bonds is 4. The van der Waals surface area contributed by atoms with E-state index in [1.807, 2.05) is 6.07 Å². The number of carbonyl (C=O) groups excluding carboxylic acids is 1. The Morgan fingerprint density at radius 1 is 1.36 bits per heavy atom. The highest BCUT2D eigenvalue weighted by Gasteiger charge is 2.05. The van der Waals surface area contributed by atoms with Crippen molar-refractivity contribution in [1.29, 1.82) is 0 Å². The summed E-state index contributed by atoms with van der Waals surface area (Å²) in [6, 6.07) is 3.59. The molecule has 6 nitrogen and oxygen atoms in total. The highest BCUT2D eigenvalue weighted by atomic mass is 35.5. The van der Waals surface area contributed by atoms with Gasteiger partial charge in [0.25, 0.3) is 5.56 Å². The SMILES string of the molecule is Cn1cc(/C=C/C(=O)NCc2ccc(Cl)s2)c(=O)n(C)c1=O.